The molecule has 0 saturated carbocycles. The van der Waals surface area contributed by atoms with Crippen LogP contribution in [0.1, 0.15) is 12.0 Å². The van der Waals surface area contributed by atoms with Crippen LogP contribution in [0, 0.1) is 5.92 Å². The Morgan fingerprint density at radius 1 is 1.13 bits per heavy atom. The zero-order valence-electron chi connectivity index (χ0n) is 15.6. The van der Waals surface area contributed by atoms with E-state index in [4.69, 9.17) is 0 Å². The van der Waals surface area contributed by atoms with Gasteiger partial charge in [-0.3, -0.25) is 9.69 Å². The molecule has 3 rings (SSSR count). The quantitative estimate of drug-likeness (QED) is 0.631. The normalized spacial score (nSPS) is 17.2. The molecule has 1 saturated heterocycles. The van der Waals surface area contributed by atoms with E-state index in [-0.39, 0.29) is 37.5 Å². The van der Waals surface area contributed by atoms with E-state index in [0.29, 0.717) is 5.69 Å². The summed E-state index contributed by atoms with van der Waals surface area (Å²) in [6.07, 6.45) is -5.03. The minimum absolute atomic E-state index is 0.110. The third-order valence-corrected chi connectivity index (χ3v) is 5.11. The fourth-order valence-corrected chi connectivity index (χ4v) is 3.63. The van der Waals surface area contributed by atoms with Crippen molar-refractivity contribution in [2.45, 2.75) is 19.3 Å². The van der Waals surface area contributed by atoms with Crippen LogP contribution in [0.5, 0.6) is 5.75 Å². The number of hydrogen-bond acceptors (Lipinski definition) is 3. The van der Waals surface area contributed by atoms with Crippen molar-refractivity contribution >= 4 is 33.6 Å². The lowest BCUT2D eigenvalue weighted by atomic mass is 10.0. The van der Waals surface area contributed by atoms with Crippen molar-refractivity contribution in [1.29, 1.82) is 0 Å². The van der Waals surface area contributed by atoms with Gasteiger partial charge in [0.05, 0.1) is 13.0 Å². The van der Waals surface area contributed by atoms with Gasteiger partial charge in [-0.05, 0) is 30.3 Å². The van der Waals surface area contributed by atoms with Crippen LogP contribution in [-0.4, -0.2) is 41.5 Å². The van der Waals surface area contributed by atoms with Crippen LogP contribution >= 0.6 is 15.9 Å². The predicted molar refractivity (Wildman–Crippen MR) is 106 cm³/mol. The van der Waals surface area contributed by atoms with Crippen LogP contribution < -0.4 is 9.64 Å². The zero-order valence-corrected chi connectivity index (χ0v) is 17.2. The number of carbonyl (C=O) groups excluding carboxylic acids is 1. The first kappa shape index (κ1) is 21.9. The second-order valence-electron chi connectivity index (χ2n) is 6.87. The molecule has 0 spiro atoms. The molecule has 2 aromatic carbocycles. The number of amides is 2. The Morgan fingerprint density at radius 2 is 1.80 bits per heavy atom. The number of halogens is 4. The van der Waals surface area contributed by atoms with E-state index < -0.39 is 24.1 Å². The number of carboxylic acids is 1. The number of anilines is 1. The summed E-state index contributed by atoms with van der Waals surface area (Å²) < 4.78 is 43.0. The number of nitrogens with zero attached hydrogens (tertiary/aromatic N) is 2. The number of alkyl halides is 3. The maximum absolute atomic E-state index is 13.1. The van der Waals surface area contributed by atoms with Gasteiger partial charge in [-0.25, -0.2) is 4.79 Å². The second-order valence-corrected chi connectivity index (χ2v) is 7.79. The van der Waals surface area contributed by atoms with Gasteiger partial charge in [-0.2, -0.15) is 0 Å². The Kier molecular flexibility index (Phi) is 6.55. The molecule has 1 aliphatic heterocycles. The van der Waals surface area contributed by atoms with Gasteiger partial charge >= 0.3 is 18.4 Å². The highest BCUT2D eigenvalue weighted by molar-refractivity contribution is 9.10. The SMILES string of the molecule is O=C(O)CC1CN(Cc2ccccc2OC(F)(F)F)C(=O)N(c2ccc(Br)cc2)C1. The summed E-state index contributed by atoms with van der Waals surface area (Å²) in [7, 11) is 0. The number of urea groups is 1. The number of ether oxygens (including phenoxy) is 1. The molecule has 1 N–H and O–H groups in total. The number of carbonyl (C=O) groups is 2. The van der Waals surface area contributed by atoms with Crippen molar-refractivity contribution in [3.63, 3.8) is 0 Å². The fraction of sp³-hybridized carbons (Fsp3) is 0.300. The lowest BCUT2D eigenvalue weighted by Gasteiger charge is -2.40. The first-order valence-corrected chi connectivity index (χ1v) is 9.79. The number of hydrogen-bond donors (Lipinski definition) is 1. The molecule has 30 heavy (non-hydrogen) atoms. The number of aliphatic carboxylic acids is 1. The monoisotopic (exact) mass is 486 g/mol. The van der Waals surface area contributed by atoms with Gasteiger partial charge in [0.2, 0.25) is 0 Å². The Morgan fingerprint density at radius 3 is 2.43 bits per heavy atom. The maximum Gasteiger partial charge on any atom is 0.573 e. The van der Waals surface area contributed by atoms with Crippen LogP contribution in [0.4, 0.5) is 23.7 Å². The van der Waals surface area contributed by atoms with Crippen molar-refractivity contribution in [2.24, 2.45) is 5.92 Å². The molecule has 1 atom stereocenters. The van der Waals surface area contributed by atoms with Gasteiger partial charge in [-0.1, -0.05) is 34.1 Å². The number of carboxylic acid groups (broad SMARTS) is 1. The molecule has 2 amide bonds. The van der Waals surface area contributed by atoms with Gasteiger partial charge in [0.25, 0.3) is 0 Å². The van der Waals surface area contributed by atoms with Crippen LogP contribution in [0.3, 0.4) is 0 Å². The Bertz CT molecular complexity index is 921. The van der Waals surface area contributed by atoms with Crippen molar-refractivity contribution in [3.8, 4) is 5.75 Å². The van der Waals surface area contributed by atoms with Crippen molar-refractivity contribution in [2.75, 3.05) is 18.0 Å². The number of benzene rings is 2. The molecule has 1 fully saturated rings. The summed E-state index contributed by atoms with van der Waals surface area (Å²) in [5, 5.41) is 9.20. The molecule has 0 bridgehead atoms. The largest absolute Gasteiger partial charge is 0.573 e. The average molecular weight is 487 g/mol. The van der Waals surface area contributed by atoms with Crippen molar-refractivity contribution < 1.29 is 32.6 Å². The molecular formula is C20H18BrF3N2O4. The smallest absolute Gasteiger partial charge is 0.481 e. The molecule has 1 aliphatic rings. The Hall–Kier alpha value is -2.75. The molecule has 2 aromatic rings. The van der Waals surface area contributed by atoms with E-state index in [1.165, 1.54) is 28.0 Å². The molecule has 1 unspecified atom stereocenters. The maximum atomic E-state index is 13.1. The van der Waals surface area contributed by atoms with Crippen LogP contribution in [0.2, 0.25) is 0 Å². The molecule has 0 radical (unpaired) electrons. The molecule has 1 heterocycles. The standard InChI is InChI=1S/C20H18BrF3N2O4/c21-15-5-7-16(8-6-15)26-11-13(9-18(27)28)10-25(19(26)29)12-14-3-1-2-4-17(14)30-20(22,23)24/h1-8,13H,9-12H2,(H,27,28). The van der Waals surface area contributed by atoms with E-state index in [1.54, 1.807) is 30.3 Å². The van der Waals surface area contributed by atoms with Crippen LogP contribution in [0.15, 0.2) is 53.0 Å². The highest BCUT2D eigenvalue weighted by Gasteiger charge is 2.35. The number of para-hydroxylation sites is 1. The van der Waals surface area contributed by atoms with Gasteiger partial charge in [0, 0.05) is 34.7 Å². The zero-order chi connectivity index (χ0) is 21.9. The average Bonchev–Trinajstić information content (AvgIpc) is 2.65. The highest BCUT2D eigenvalue weighted by Crippen LogP contribution is 2.30. The topological polar surface area (TPSA) is 70.1 Å². The minimum Gasteiger partial charge on any atom is -0.481 e. The second kappa shape index (κ2) is 8.95. The summed E-state index contributed by atoms with van der Waals surface area (Å²) in [6, 6.07) is 12.1. The molecule has 6 nitrogen and oxygen atoms in total. The summed E-state index contributed by atoms with van der Waals surface area (Å²) in [5.41, 5.74) is 0.748. The summed E-state index contributed by atoms with van der Waals surface area (Å²) >= 11 is 3.32. The summed E-state index contributed by atoms with van der Waals surface area (Å²) in [5.74, 6) is -1.79. The van der Waals surface area contributed by atoms with E-state index in [9.17, 15) is 27.9 Å². The van der Waals surface area contributed by atoms with Gasteiger partial charge in [0.15, 0.2) is 0 Å². The van der Waals surface area contributed by atoms with E-state index in [1.807, 2.05) is 0 Å². The Labute approximate surface area is 179 Å². The van der Waals surface area contributed by atoms with Crippen molar-refractivity contribution in [1.82, 2.24) is 4.90 Å². The summed E-state index contributed by atoms with van der Waals surface area (Å²) in [4.78, 5) is 27.1. The van der Waals surface area contributed by atoms with E-state index >= 15 is 0 Å². The first-order chi connectivity index (χ1) is 14.1. The summed E-state index contributed by atoms with van der Waals surface area (Å²) in [6.45, 7) is 0.163. The molecule has 0 aromatic heterocycles. The van der Waals surface area contributed by atoms with Gasteiger partial charge in [-0.15, -0.1) is 13.2 Å². The number of rotatable bonds is 6. The Balaban J connectivity index is 1.88. The van der Waals surface area contributed by atoms with E-state index in [2.05, 4.69) is 20.7 Å². The third-order valence-electron chi connectivity index (χ3n) is 4.58. The van der Waals surface area contributed by atoms with Crippen LogP contribution in [-0.2, 0) is 11.3 Å². The van der Waals surface area contributed by atoms with Gasteiger partial charge in [0.1, 0.15) is 5.75 Å². The highest BCUT2D eigenvalue weighted by atomic mass is 79.9. The lowest BCUT2D eigenvalue weighted by Crippen LogP contribution is -2.53. The molecular weight excluding hydrogens is 469 g/mol. The first-order valence-electron chi connectivity index (χ1n) is 9.00. The third kappa shape index (κ3) is 5.65. The van der Waals surface area contributed by atoms with Crippen molar-refractivity contribution in [3.05, 3.63) is 58.6 Å². The fourth-order valence-electron chi connectivity index (χ4n) is 3.36. The lowest BCUT2D eigenvalue weighted by molar-refractivity contribution is -0.275. The minimum atomic E-state index is -4.86. The van der Waals surface area contributed by atoms with E-state index in [0.717, 1.165) is 4.47 Å². The predicted octanol–water partition coefficient (Wildman–Crippen LogP) is 4.88. The molecule has 10 heteroatoms. The molecule has 0 aliphatic carbocycles. The van der Waals surface area contributed by atoms with Crippen LogP contribution in [0.25, 0.3) is 0 Å². The van der Waals surface area contributed by atoms with Gasteiger partial charge < -0.3 is 14.7 Å². The molecule has 160 valence electrons.